The van der Waals surface area contributed by atoms with E-state index in [1.165, 1.54) is 24.0 Å². The van der Waals surface area contributed by atoms with Crippen LogP contribution >= 0.6 is 11.6 Å². The lowest BCUT2D eigenvalue weighted by atomic mass is 10.0. The molecule has 0 spiro atoms. The smallest absolute Gasteiger partial charge is 0.0451 e. The molecule has 0 aliphatic heterocycles. The summed E-state index contributed by atoms with van der Waals surface area (Å²) in [6.45, 7) is 2.90. The minimum atomic E-state index is 0.695. The van der Waals surface area contributed by atoms with Gasteiger partial charge in [-0.2, -0.15) is 0 Å². The molecule has 2 aromatic rings. The van der Waals surface area contributed by atoms with Gasteiger partial charge in [-0.05, 0) is 54.7 Å². The van der Waals surface area contributed by atoms with E-state index in [1.807, 2.05) is 18.5 Å². The second-order valence-corrected chi connectivity index (χ2v) is 5.62. The van der Waals surface area contributed by atoms with Gasteiger partial charge in [0.1, 0.15) is 0 Å². The predicted molar refractivity (Wildman–Crippen MR) is 79.3 cm³/mol. The molecule has 1 N–H and O–H groups in total. The SMILES string of the molecule is Cc1cncc(-c2ccc(Cl)c(CNC3CC3)c2)c1. The highest BCUT2D eigenvalue weighted by Gasteiger charge is 2.20. The summed E-state index contributed by atoms with van der Waals surface area (Å²) in [5, 5.41) is 4.33. The summed E-state index contributed by atoms with van der Waals surface area (Å²) in [6, 6.07) is 9.03. The fraction of sp³-hybridized carbons (Fsp3) is 0.312. The number of pyridine rings is 1. The van der Waals surface area contributed by atoms with Gasteiger partial charge in [-0.3, -0.25) is 4.98 Å². The molecule has 1 fully saturated rings. The van der Waals surface area contributed by atoms with Crippen molar-refractivity contribution in [3.05, 3.63) is 52.8 Å². The third-order valence-electron chi connectivity index (χ3n) is 3.41. The van der Waals surface area contributed by atoms with Crippen molar-refractivity contribution < 1.29 is 0 Å². The first kappa shape index (κ1) is 12.6. The van der Waals surface area contributed by atoms with Crippen molar-refractivity contribution in [2.24, 2.45) is 0 Å². The second kappa shape index (κ2) is 5.32. The Kier molecular flexibility index (Phi) is 3.54. The molecule has 3 heteroatoms. The molecule has 0 bridgehead atoms. The highest BCUT2D eigenvalue weighted by atomic mass is 35.5. The van der Waals surface area contributed by atoms with Gasteiger partial charge in [0, 0.05) is 35.6 Å². The molecular formula is C16H17ClN2. The first-order valence-electron chi connectivity index (χ1n) is 6.66. The molecule has 1 aliphatic carbocycles. The number of aryl methyl sites for hydroxylation is 1. The van der Waals surface area contributed by atoms with Crippen molar-refractivity contribution in [3.63, 3.8) is 0 Å². The van der Waals surface area contributed by atoms with Gasteiger partial charge in [-0.25, -0.2) is 0 Å². The lowest BCUT2D eigenvalue weighted by Crippen LogP contribution is -2.15. The van der Waals surface area contributed by atoms with E-state index in [0.29, 0.717) is 6.04 Å². The van der Waals surface area contributed by atoms with Gasteiger partial charge in [-0.15, -0.1) is 0 Å². The van der Waals surface area contributed by atoms with Crippen molar-refractivity contribution in [1.29, 1.82) is 0 Å². The van der Waals surface area contributed by atoms with E-state index in [2.05, 4.69) is 35.4 Å². The second-order valence-electron chi connectivity index (χ2n) is 5.21. The molecule has 1 heterocycles. The van der Waals surface area contributed by atoms with Crippen LogP contribution in [0.1, 0.15) is 24.0 Å². The van der Waals surface area contributed by atoms with Crippen molar-refractivity contribution in [3.8, 4) is 11.1 Å². The number of nitrogens with one attached hydrogen (secondary N) is 1. The van der Waals surface area contributed by atoms with E-state index in [4.69, 9.17) is 11.6 Å². The number of hydrogen-bond acceptors (Lipinski definition) is 2. The molecule has 3 rings (SSSR count). The minimum absolute atomic E-state index is 0.695. The quantitative estimate of drug-likeness (QED) is 0.911. The molecule has 0 radical (unpaired) electrons. The Labute approximate surface area is 118 Å². The summed E-state index contributed by atoms with van der Waals surface area (Å²) in [4.78, 5) is 4.25. The zero-order valence-electron chi connectivity index (χ0n) is 11.0. The molecule has 0 atom stereocenters. The maximum Gasteiger partial charge on any atom is 0.0451 e. The first-order valence-corrected chi connectivity index (χ1v) is 7.04. The average molecular weight is 273 g/mol. The lowest BCUT2D eigenvalue weighted by molar-refractivity contribution is 0.688. The Hall–Kier alpha value is -1.38. The Morgan fingerprint density at radius 1 is 1.21 bits per heavy atom. The van der Waals surface area contributed by atoms with E-state index in [0.717, 1.165) is 22.7 Å². The Morgan fingerprint density at radius 2 is 2.05 bits per heavy atom. The van der Waals surface area contributed by atoms with Crippen LogP contribution in [0.2, 0.25) is 5.02 Å². The molecule has 1 saturated carbocycles. The van der Waals surface area contributed by atoms with Crippen molar-refractivity contribution >= 4 is 11.6 Å². The molecule has 0 unspecified atom stereocenters. The van der Waals surface area contributed by atoms with Gasteiger partial charge < -0.3 is 5.32 Å². The molecule has 19 heavy (non-hydrogen) atoms. The van der Waals surface area contributed by atoms with Gasteiger partial charge in [0.2, 0.25) is 0 Å². The van der Waals surface area contributed by atoms with Gasteiger partial charge in [0.05, 0.1) is 0 Å². The number of halogens is 1. The van der Waals surface area contributed by atoms with Crippen LogP contribution in [0.5, 0.6) is 0 Å². The fourth-order valence-electron chi connectivity index (χ4n) is 2.14. The van der Waals surface area contributed by atoms with Crippen LogP contribution in [0.15, 0.2) is 36.7 Å². The van der Waals surface area contributed by atoms with Crippen LogP contribution in [-0.4, -0.2) is 11.0 Å². The molecule has 1 aliphatic rings. The van der Waals surface area contributed by atoms with Crippen molar-refractivity contribution in [2.45, 2.75) is 32.4 Å². The van der Waals surface area contributed by atoms with Gasteiger partial charge >= 0.3 is 0 Å². The van der Waals surface area contributed by atoms with Crippen LogP contribution in [0.4, 0.5) is 0 Å². The Bertz CT molecular complexity index is 591. The maximum absolute atomic E-state index is 6.26. The van der Waals surface area contributed by atoms with E-state index in [9.17, 15) is 0 Å². The molecular weight excluding hydrogens is 256 g/mol. The van der Waals surface area contributed by atoms with Crippen LogP contribution in [0.3, 0.4) is 0 Å². The third-order valence-corrected chi connectivity index (χ3v) is 3.78. The monoisotopic (exact) mass is 272 g/mol. The summed E-state index contributed by atoms with van der Waals surface area (Å²) in [7, 11) is 0. The first-order chi connectivity index (χ1) is 9.22. The summed E-state index contributed by atoms with van der Waals surface area (Å²) in [5.41, 5.74) is 4.65. The fourth-order valence-corrected chi connectivity index (χ4v) is 2.33. The van der Waals surface area contributed by atoms with E-state index >= 15 is 0 Å². The topological polar surface area (TPSA) is 24.9 Å². The van der Waals surface area contributed by atoms with Crippen molar-refractivity contribution in [2.75, 3.05) is 0 Å². The van der Waals surface area contributed by atoms with Gasteiger partial charge in [-0.1, -0.05) is 17.7 Å². The molecule has 1 aromatic heterocycles. The van der Waals surface area contributed by atoms with Crippen LogP contribution < -0.4 is 5.32 Å². The number of rotatable bonds is 4. The van der Waals surface area contributed by atoms with Gasteiger partial charge in [0.15, 0.2) is 0 Å². The number of benzene rings is 1. The largest absolute Gasteiger partial charge is 0.310 e. The lowest BCUT2D eigenvalue weighted by Gasteiger charge is -2.09. The zero-order valence-corrected chi connectivity index (χ0v) is 11.7. The standard InChI is InChI=1S/C16H17ClN2/c1-11-6-13(9-18-8-11)12-2-5-16(17)14(7-12)10-19-15-3-4-15/h2,5-9,15,19H,3-4,10H2,1H3. The number of nitrogens with zero attached hydrogens (tertiary/aromatic N) is 1. The van der Waals surface area contributed by atoms with Gasteiger partial charge in [0.25, 0.3) is 0 Å². The van der Waals surface area contributed by atoms with Crippen LogP contribution in [-0.2, 0) is 6.54 Å². The minimum Gasteiger partial charge on any atom is -0.310 e. The molecule has 98 valence electrons. The highest BCUT2D eigenvalue weighted by Crippen LogP contribution is 2.26. The number of hydrogen-bond donors (Lipinski definition) is 1. The molecule has 2 nitrogen and oxygen atoms in total. The summed E-state index contributed by atoms with van der Waals surface area (Å²) in [5.74, 6) is 0. The Balaban J connectivity index is 1.87. The third kappa shape index (κ3) is 3.14. The molecule has 1 aromatic carbocycles. The normalized spacial score (nSPS) is 14.6. The summed E-state index contributed by atoms with van der Waals surface area (Å²) in [6.07, 6.45) is 6.35. The van der Waals surface area contributed by atoms with Crippen LogP contribution in [0, 0.1) is 6.92 Å². The Morgan fingerprint density at radius 3 is 2.79 bits per heavy atom. The van der Waals surface area contributed by atoms with E-state index in [-0.39, 0.29) is 0 Å². The molecule has 0 saturated heterocycles. The highest BCUT2D eigenvalue weighted by molar-refractivity contribution is 6.31. The summed E-state index contributed by atoms with van der Waals surface area (Å²) < 4.78 is 0. The average Bonchev–Trinajstić information content (AvgIpc) is 3.22. The van der Waals surface area contributed by atoms with E-state index in [1.54, 1.807) is 0 Å². The summed E-state index contributed by atoms with van der Waals surface area (Å²) >= 11 is 6.26. The van der Waals surface area contributed by atoms with Crippen LogP contribution in [0.25, 0.3) is 11.1 Å². The number of aromatic nitrogens is 1. The van der Waals surface area contributed by atoms with E-state index < -0.39 is 0 Å². The predicted octanol–water partition coefficient (Wildman–Crippen LogP) is 3.96. The molecule has 0 amide bonds. The maximum atomic E-state index is 6.26. The zero-order chi connectivity index (χ0) is 13.2. The van der Waals surface area contributed by atoms with Crippen molar-refractivity contribution in [1.82, 2.24) is 10.3 Å².